The van der Waals surface area contributed by atoms with Gasteiger partial charge in [0.2, 0.25) is 0 Å². The fourth-order valence-electron chi connectivity index (χ4n) is 1.52. The second kappa shape index (κ2) is 7.20. The largest absolute Gasteiger partial charge is 0.493 e. The molecule has 0 unspecified atom stereocenters. The molecule has 0 aliphatic rings. The molecule has 1 aromatic rings. The summed E-state index contributed by atoms with van der Waals surface area (Å²) in [6.07, 6.45) is 6.26. The lowest BCUT2D eigenvalue weighted by atomic mass is 10.1. The van der Waals surface area contributed by atoms with Gasteiger partial charge in [0.1, 0.15) is 0 Å². The molecule has 102 valence electrons. The van der Waals surface area contributed by atoms with Crippen molar-refractivity contribution >= 4 is 17.8 Å². The quantitative estimate of drug-likeness (QED) is 0.632. The average molecular weight is 262 g/mol. The Balaban J connectivity index is 3.19. The first-order chi connectivity index (χ1) is 9.13. The summed E-state index contributed by atoms with van der Waals surface area (Å²) in [6, 6.07) is 3.16. The van der Waals surface area contributed by atoms with E-state index >= 15 is 0 Å². The van der Waals surface area contributed by atoms with E-state index in [2.05, 4.69) is 4.99 Å². The van der Waals surface area contributed by atoms with Crippen LogP contribution in [0.15, 0.2) is 29.3 Å². The smallest absolute Gasteiger partial charge is 0.251 e. The molecule has 5 nitrogen and oxygen atoms in total. The van der Waals surface area contributed by atoms with E-state index in [1.165, 1.54) is 20.3 Å². The summed E-state index contributed by atoms with van der Waals surface area (Å²) >= 11 is 0. The number of carbonyl (C=O) groups is 1. The van der Waals surface area contributed by atoms with Gasteiger partial charge in [-0.2, -0.15) is 0 Å². The van der Waals surface area contributed by atoms with Gasteiger partial charge < -0.3 is 15.2 Å². The summed E-state index contributed by atoms with van der Waals surface area (Å²) < 4.78 is 10.3. The Labute approximate surface area is 112 Å². The molecule has 1 aromatic carbocycles. The van der Waals surface area contributed by atoms with Crippen LogP contribution in [0.4, 0.5) is 5.69 Å². The maximum absolute atomic E-state index is 11.4. The highest BCUT2D eigenvalue weighted by atomic mass is 16.5. The van der Waals surface area contributed by atoms with Gasteiger partial charge in [-0.05, 0) is 13.0 Å². The van der Waals surface area contributed by atoms with Crippen LogP contribution in [0.25, 0.3) is 0 Å². The number of ether oxygens (including phenoxy) is 2. The molecular weight excluding hydrogens is 244 g/mol. The third-order valence-corrected chi connectivity index (χ3v) is 2.47. The Morgan fingerprint density at radius 3 is 2.47 bits per heavy atom. The lowest BCUT2D eigenvalue weighted by molar-refractivity contribution is 0.100. The van der Waals surface area contributed by atoms with Crippen LogP contribution in [-0.2, 0) is 0 Å². The molecule has 0 heterocycles. The molecule has 0 aliphatic carbocycles. The normalized spacial score (nSPS) is 11.1. The van der Waals surface area contributed by atoms with E-state index in [1.807, 2.05) is 19.1 Å². The van der Waals surface area contributed by atoms with E-state index in [0.717, 1.165) is 0 Å². The van der Waals surface area contributed by atoms with Crippen LogP contribution in [0.2, 0.25) is 0 Å². The number of methoxy groups -OCH3 is 2. The number of primary amides is 1. The number of nitrogens with two attached hydrogens (primary N) is 1. The number of rotatable bonds is 6. The topological polar surface area (TPSA) is 73.9 Å². The third-order valence-electron chi connectivity index (χ3n) is 2.47. The molecule has 0 aromatic heterocycles. The van der Waals surface area contributed by atoms with Crippen LogP contribution in [0.3, 0.4) is 0 Å². The van der Waals surface area contributed by atoms with Crippen molar-refractivity contribution in [2.24, 2.45) is 10.7 Å². The first kappa shape index (κ1) is 14.8. The second-order valence-electron chi connectivity index (χ2n) is 3.71. The van der Waals surface area contributed by atoms with Gasteiger partial charge in [0.15, 0.2) is 11.5 Å². The van der Waals surface area contributed by atoms with Crippen LogP contribution in [0.1, 0.15) is 23.7 Å². The zero-order chi connectivity index (χ0) is 14.3. The molecule has 0 spiro atoms. The van der Waals surface area contributed by atoms with Gasteiger partial charge in [0.05, 0.1) is 25.5 Å². The summed E-state index contributed by atoms with van der Waals surface area (Å²) in [7, 11) is 3.02. The molecule has 19 heavy (non-hydrogen) atoms. The minimum Gasteiger partial charge on any atom is -0.493 e. The molecule has 5 heteroatoms. The number of aliphatic imine (C=N–C) groups is 1. The van der Waals surface area contributed by atoms with Crippen molar-refractivity contribution in [1.29, 1.82) is 0 Å². The molecule has 0 fully saturated rings. The molecule has 0 bridgehead atoms. The van der Waals surface area contributed by atoms with Crippen LogP contribution in [-0.4, -0.2) is 26.3 Å². The lowest BCUT2D eigenvalue weighted by Gasteiger charge is -2.10. The summed E-state index contributed by atoms with van der Waals surface area (Å²) in [5, 5.41) is 0. The Hall–Kier alpha value is -2.30. The van der Waals surface area contributed by atoms with Crippen molar-refractivity contribution in [3.05, 3.63) is 29.8 Å². The van der Waals surface area contributed by atoms with Crippen LogP contribution in [0.5, 0.6) is 11.5 Å². The molecule has 0 saturated carbocycles. The van der Waals surface area contributed by atoms with Gasteiger partial charge in [0.25, 0.3) is 5.91 Å². The summed E-state index contributed by atoms with van der Waals surface area (Å²) in [6.45, 7) is 1.93. The van der Waals surface area contributed by atoms with Crippen molar-refractivity contribution in [3.8, 4) is 11.5 Å². The number of hydrogen-bond acceptors (Lipinski definition) is 4. The van der Waals surface area contributed by atoms with Gasteiger partial charge in [-0.15, -0.1) is 0 Å². The van der Waals surface area contributed by atoms with E-state index < -0.39 is 5.91 Å². The van der Waals surface area contributed by atoms with Crippen LogP contribution in [0, 0.1) is 0 Å². The summed E-state index contributed by atoms with van der Waals surface area (Å²) in [5.41, 5.74) is 6.10. The molecule has 0 radical (unpaired) electrons. The monoisotopic (exact) mass is 262 g/mol. The van der Waals surface area contributed by atoms with Crippen LogP contribution < -0.4 is 15.2 Å². The first-order valence-electron chi connectivity index (χ1n) is 5.83. The Morgan fingerprint density at radius 2 is 1.95 bits per heavy atom. The number of hydrogen-bond donors (Lipinski definition) is 1. The van der Waals surface area contributed by atoms with E-state index in [4.69, 9.17) is 15.2 Å². The number of nitrogens with zero attached hydrogens (tertiary/aromatic N) is 1. The van der Waals surface area contributed by atoms with E-state index in [0.29, 0.717) is 29.2 Å². The number of carbonyl (C=O) groups excluding carboxylic acids is 1. The highest BCUT2D eigenvalue weighted by molar-refractivity contribution is 5.99. The van der Waals surface area contributed by atoms with Gasteiger partial charge in [-0.25, -0.2) is 0 Å². The fraction of sp³-hybridized carbons (Fsp3) is 0.286. The molecule has 0 saturated heterocycles. The first-order valence-corrected chi connectivity index (χ1v) is 5.83. The van der Waals surface area contributed by atoms with E-state index in [-0.39, 0.29) is 0 Å². The summed E-state index contributed by atoms with van der Waals surface area (Å²) in [5.74, 6) is 0.397. The maximum atomic E-state index is 11.4. The second-order valence-corrected chi connectivity index (χ2v) is 3.71. The molecule has 0 aliphatic heterocycles. The Bertz CT molecular complexity index is 508. The van der Waals surface area contributed by atoms with Crippen molar-refractivity contribution in [3.63, 3.8) is 0 Å². The highest BCUT2D eigenvalue weighted by Gasteiger charge is 2.14. The summed E-state index contributed by atoms with van der Waals surface area (Å²) in [4.78, 5) is 15.7. The van der Waals surface area contributed by atoms with Gasteiger partial charge in [-0.3, -0.25) is 9.79 Å². The van der Waals surface area contributed by atoms with Gasteiger partial charge in [-0.1, -0.05) is 12.2 Å². The Kier molecular flexibility index (Phi) is 5.60. The van der Waals surface area contributed by atoms with Crippen molar-refractivity contribution in [1.82, 2.24) is 0 Å². The molecule has 1 amide bonds. The predicted molar refractivity (Wildman–Crippen MR) is 75.6 cm³/mol. The minimum absolute atomic E-state index is 0.300. The minimum atomic E-state index is -0.556. The Morgan fingerprint density at radius 1 is 1.32 bits per heavy atom. The van der Waals surface area contributed by atoms with Crippen LogP contribution >= 0.6 is 0 Å². The zero-order valence-corrected chi connectivity index (χ0v) is 11.3. The van der Waals surface area contributed by atoms with E-state index in [1.54, 1.807) is 12.3 Å². The van der Waals surface area contributed by atoms with Gasteiger partial charge in [0, 0.05) is 18.7 Å². The molecular formula is C14H18N2O3. The zero-order valence-electron chi connectivity index (χ0n) is 11.3. The lowest BCUT2D eigenvalue weighted by Crippen LogP contribution is -2.11. The SMILES string of the molecule is C/C=C\CC=Nc1cc(OC)c(OC)cc1C(N)=O. The number of allylic oxidation sites excluding steroid dienone is 2. The molecule has 0 atom stereocenters. The average Bonchev–Trinajstić information content (AvgIpc) is 2.42. The van der Waals surface area contributed by atoms with Crippen molar-refractivity contribution in [2.75, 3.05) is 14.2 Å². The van der Waals surface area contributed by atoms with E-state index in [9.17, 15) is 4.79 Å². The number of benzene rings is 1. The van der Waals surface area contributed by atoms with Gasteiger partial charge >= 0.3 is 0 Å². The molecule has 2 N–H and O–H groups in total. The molecule has 1 rings (SSSR count). The highest BCUT2D eigenvalue weighted by Crippen LogP contribution is 2.34. The maximum Gasteiger partial charge on any atom is 0.251 e. The van der Waals surface area contributed by atoms with Crippen molar-refractivity contribution < 1.29 is 14.3 Å². The standard InChI is InChI=1S/C14H18N2O3/c1-4-5-6-7-16-11-9-13(19-3)12(18-2)8-10(11)14(15)17/h4-5,7-9H,6H2,1-3H3,(H2,15,17)/b5-4-,16-7?. The number of amides is 1. The van der Waals surface area contributed by atoms with Crippen molar-refractivity contribution in [2.45, 2.75) is 13.3 Å². The predicted octanol–water partition coefficient (Wildman–Crippen LogP) is 2.47. The fourth-order valence-corrected chi connectivity index (χ4v) is 1.52. The third kappa shape index (κ3) is 3.84.